The van der Waals surface area contributed by atoms with Crippen molar-refractivity contribution in [2.45, 2.75) is 45.7 Å². The number of carbonyl (C=O) groups is 1. The number of hydrogen-bond acceptors (Lipinski definition) is 2. The Labute approximate surface area is 131 Å². The normalized spacial score (nSPS) is 13.4. The Morgan fingerprint density at radius 1 is 1.27 bits per heavy atom. The molecular formula is C17H24N4O. The lowest BCUT2D eigenvalue weighted by Gasteiger charge is -2.21. The Kier molecular flexibility index (Phi) is 5.58. The first-order valence-corrected chi connectivity index (χ1v) is 7.72. The van der Waals surface area contributed by atoms with Gasteiger partial charge in [-0.25, -0.2) is 4.79 Å². The number of H-pyrrole nitrogens is 1. The van der Waals surface area contributed by atoms with Crippen LogP contribution in [-0.4, -0.2) is 22.3 Å². The Hall–Kier alpha value is -2.30. The maximum Gasteiger partial charge on any atom is 0.315 e. The summed E-state index contributed by atoms with van der Waals surface area (Å²) in [5.41, 5.74) is 3.13. The fourth-order valence-electron chi connectivity index (χ4n) is 2.28. The molecule has 118 valence electrons. The highest BCUT2D eigenvalue weighted by Gasteiger charge is 2.16. The van der Waals surface area contributed by atoms with Crippen molar-refractivity contribution in [2.24, 2.45) is 0 Å². The minimum absolute atomic E-state index is 0.0513. The zero-order valence-corrected chi connectivity index (χ0v) is 13.4. The van der Waals surface area contributed by atoms with Crippen LogP contribution in [0.25, 0.3) is 0 Å². The second-order valence-electron chi connectivity index (χ2n) is 5.55. The van der Waals surface area contributed by atoms with E-state index in [0.717, 1.165) is 17.8 Å². The molecule has 1 aromatic heterocycles. The molecule has 0 spiro atoms. The monoisotopic (exact) mass is 300 g/mol. The van der Waals surface area contributed by atoms with Crippen molar-refractivity contribution in [1.82, 2.24) is 20.8 Å². The molecule has 2 atom stereocenters. The number of hydrogen-bond donors (Lipinski definition) is 3. The van der Waals surface area contributed by atoms with E-state index in [1.165, 1.54) is 5.56 Å². The predicted molar refractivity (Wildman–Crippen MR) is 87.7 cm³/mol. The molecule has 0 aliphatic carbocycles. The standard InChI is InChI=1S/C17H24N4O/c1-4-15-10-16(21-20-15)11-18-17(22)19-13(3)12(2)14-8-6-5-7-9-14/h5-10,12-13H,4,11H2,1-3H3,(H,20,21)(H2,18,19,22)/t12-,13-/m1/s1. The van der Waals surface area contributed by atoms with Gasteiger partial charge in [0.15, 0.2) is 0 Å². The number of nitrogens with one attached hydrogen (secondary N) is 3. The van der Waals surface area contributed by atoms with Crippen LogP contribution in [0.4, 0.5) is 4.79 Å². The van der Waals surface area contributed by atoms with Gasteiger partial charge in [0.2, 0.25) is 0 Å². The van der Waals surface area contributed by atoms with E-state index < -0.39 is 0 Å². The highest BCUT2D eigenvalue weighted by atomic mass is 16.2. The Balaban J connectivity index is 1.81. The summed E-state index contributed by atoms with van der Waals surface area (Å²) in [5.74, 6) is 0.255. The lowest BCUT2D eigenvalue weighted by Crippen LogP contribution is -2.42. The second-order valence-corrected chi connectivity index (χ2v) is 5.55. The maximum absolute atomic E-state index is 12.0. The summed E-state index contributed by atoms with van der Waals surface area (Å²) in [7, 11) is 0. The van der Waals surface area contributed by atoms with Crippen LogP contribution in [0.5, 0.6) is 0 Å². The molecule has 5 nitrogen and oxygen atoms in total. The van der Waals surface area contributed by atoms with E-state index in [2.05, 4.69) is 39.9 Å². The second kappa shape index (κ2) is 7.64. The summed E-state index contributed by atoms with van der Waals surface area (Å²) in [6.45, 7) is 6.63. The van der Waals surface area contributed by atoms with E-state index in [1.54, 1.807) is 0 Å². The zero-order chi connectivity index (χ0) is 15.9. The fourth-order valence-corrected chi connectivity index (χ4v) is 2.28. The summed E-state index contributed by atoms with van der Waals surface area (Å²) < 4.78 is 0. The van der Waals surface area contributed by atoms with Gasteiger partial charge in [0.1, 0.15) is 0 Å². The number of aromatic nitrogens is 2. The average molecular weight is 300 g/mol. The van der Waals surface area contributed by atoms with Crippen LogP contribution < -0.4 is 10.6 Å². The Bertz CT molecular complexity index is 594. The van der Waals surface area contributed by atoms with Crippen LogP contribution in [-0.2, 0) is 13.0 Å². The third-order valence-electron chi connectivity index (χ3n) is 3.92. The third-order valence-corrected chi connectivity index (χ3v) is 3.92. The maximum atomic E-state index is 12.0. The molecule has 2 aromatic rings. The quantitative estimate of drug-likeness (QED) is 0.767. The smallest absolute Gasteiger partial charge is 0.315 e. The topological polar surface area (TPSA) is 69.8 Å². The van der Waals surface area contributed by atoms with Gasteiger partial charge in [-0.15, -0.1) is 0 Å². The SMILES string of the molecule is CCc1cc(CNC(=O)N[C@H](C)[C@@H](C)c2ccccc2)[nH]n1. The number of aryl methyl sites for hydroxylation is 1. The molecule has 1 heterocycles. The van der Waals surface area contributed by atoms with Gasteiger partial charge < -0.3 is 10.6 Å². The first-order valence-electron chi connectivity index (χ1n) is 7.72. The molecule has 2 rings (SSSR count). The lowest BCUT2D eigenvalue weighted by molar-refractivity contribution is 0.235. The zero-order valence-electron chi connectivity index (χ0n) is 13.4. The van der Waals surface area contributed by atoms with E-state index in [-0.39, 0.29) is 18.0 Å². The molecule has 0 saturated carbocycles. The molecule has 0 radical (unpaired) electrons. The summed E-state index contributed by atoms with van der Waals surface area (Å²) in [4.78, 5) is 12.0. The van der Waals surface area contributed by atoms with Gasteiger partial charge in [-0.2, -0.15) is 5.10 Å². The Morgan fingerprint density at radius 2 is 2.00 bits per heavy atom. The van der Waals surface area contributed by atoms with Gasteiger partial charge in [0.05, 0.1) is 17.9 Å². The van der Waals surface area contributed by atoms with E-state index in [9.17, 15) is 4.79 Å². The van der Waals surface area contributed by atoms with Gasteiger partial charge in [-0.05, 0) is 25.0 Å². The number of urea groups is 1. The van der Waals surface area contributed by atoms with Crippen molar-refractivity contribution >= 4 is 6.03 Å². The van der Waals surface area contributed by atoms with Crippen molar-refractivity contribution in [3.8, 4) is 0 Å². The van der Waals surface area contributed by atoms with E-state index in [1.807, 2.05) is 38.1 Å². The lowest BCUT2D eigenvalue weighted by atomic mass is 9.95. The van der Waals surface area contributed by atoms with Gasteiger partial charge in [0.25, 0.3) is 0 Å². The molecule has 0 unspecified atom stereocenters. The van der Waals surface area contributed by atoms with Crippen molar-refractivity contribution in [1.29, 1.82) is 0 Å². The molecule has 0 saturated heterocycles. The van der Waals surface area contributed by atoms with E-state index in [0.29, 0.717) is 6.54 Å². The molecule has 2 amide bonds. The summed E-state index contributed by atoms with van der Waals surface area (Å²) in [6.07, 6.45) is 0.883. The van der Waals surface area contributed by atoms with Crippen molar-refractivity contribution in [3.05, 3.63) is 53.3 Å². The molecule has 3 N–H and O–H groups in total. The van der Waals surface area contributed by atoms with Crippen LogP contribution in [0.3, 0.4) is 0 Å². The number of benzene rings is 1. The van der Waals surface area contributed by atoms with Gasteiger partial charge in [-0.3, -0.25) is 5.10 Å². The van der Waals surface area contributed by atoms with Crippen molar-refractivity contribution in [3.63, 3.8) is 0 Å². The number of carbonyl (C=O) groups excluding carboxylic acids is 1. The van der Waals surface area contributed by atoms with Crippen LogP contribution in [0.15, 0.2) is 36.4 Å². The molecule has 5 heteroatoms. The molecule has 0 aliphatic rings. The largest absolute Gasteiger partial charge is 0.335 e. The van der Waals surface area contributed by atoms with E-state index in [4.69, 9.17) is 0 Å². The highest BCUT2D eigenvalue weighted by molar-refractivity contribution is 5.74. The minimum atomic E-state index is -0.164. The number of nitrogens with zero attached hydrogens (tertiary/aromatic N) is 1. The first kappa shape index (κ1) is 16.1. The van der Waals surface area contributed by atoms with Crippen molar-refractivity contribution in [2.75, 3.05) is 0 Å². The Morgan fingerprint density at radius 3 is 2.64 bits per heavy atom. The van der Waals surface area contributed by atoms with Crippen LogP contribution in [0.2, 0.25) is 0 Å². The van der Waals surface area contributed by atoms with E-state index >= 15 is 0 Å². The molecule has 1 aromatic carbocycles. The van der Waals surface area contributed by atoms with Crippen molar-refractivity contribution < 1.29 is 4.79 Å². The summed E-state index contributed by atoms with van der Waals surface area (Å²) >= 11 is 0. The van der Waals surface area contributed by atoms with Crippen LogP contribution in [0, 0.1) is 0 Å². The molecule has 0 aliphatic heterocycles. The molecule has 0 bridgehead atoms. The fraction of sp³-hybridized carbons (Fsp3) is 0.412. The van der Waals surface area contributed by atoms with Gasteiger partial charge >= 0.3 is 6.03 Å². The average Bonchev–Trinajstić information content (AvgIpc) is 3.01. The minimum Gasteiger partial charge on any atom is -0.335 e. The number of amides is 2. The summed E-state index contributed by atoms with van der Waals surface area (Å²) in [5, 5.41) is 12.9. The van der Waals surface area contributed by atoms with Crippen LogP contribution in [0.1, 0.15) is 43.6 Å². The number of rotatable bonds is 6. The molecular weight excluding hydrogens is 276 g/mol. The van der Waals surface area contributed by atoms with Gasteiger partial charge in [-0.1, -0.05) is 44.2 Å². The predicted octanol–water partition coefficient (Wildman–Crippen LogP) is 2.96. The third kappa shape index (κ3) is 4.35. The molecule has 0 fully saturated rings. The van der Waals surface area contributed by atoms with Gasteiger partial charge in [0, 0.05) is 12.0 Å². The number of aromatic amines is 1. The van der Waals surface area contributed by atoms with Crippen LogP contribution >= 0.6 is 0 Å². The molecule has 22 heavy (non-hydrogen) atoms. The first-order chi connectivity index (χ1) is 10.6. The highest BCUT2D eigenvalue weighted by Crippen LogP contribution is 2.18. The summed E-state index contributed by atoms with van der Waals surface area (Å²) in [6, 6.07) is 12.0.